The first-order chi connectivity index (χ1) is 10.8. The van der Waals surface area contributed by atoms with Gasteiger partial charge in [-0.25, -0.2) is 0 Å². The molecule has 0 saturated carbocycles. The van der Waals surface area contributed by atoms with Crippen LogP contribution < -0.4 is 5.32 Å². The van der Waals surface area contributed by atoms with Crippen LogP contribution in [0.15, 0.2) is 30.5 Å². The van der Waals surface area contributed by atoms with Gasteiger partial charge in [0.15, 0.2) is 0 Å². The van der Waals surface area contributed by atoms with Crippen molar-refractivity contribution in [3.8, 4) is 0 Å². The number of fused-ring (bicyclic) bond motifs is 1. The number of nitrogens with zero attached hydrogens (tertiary/aromatic N) is 2. The van der Waals surface area contributed by atoms with E-state index in [1.807, 2.05) is 0 Å². The van der Waals surface area contributed by atoms with E-state index in [4.69, 9.17) is 5.11 Å². The first-order valence-electron chi connectivity index (χ1n) is 8.35. The average molecular weight is 301 g/mol. The summed E-state index contributed by atoms with van der Waals surface area (Å²) in [5, 5.41) is 13.5. The van der Waals surface area contributed by atoms with E-state index >= 15 is 0 Å². The molecular weight excluding hydrogens is 274 g/mol. The third kappa shape index (κ3) is 3.51. The highest BCUT2D eigenvalue weighted by Crippen LogP contribution is 2.24. The number of likely N-dealkylation sites (tertiary alicyclic amines) is 1. The third-order valence-corrected chi connectivity index (χ3v) is 4.80. The molecule has 2 aromatic rings. The number of aliphatic hydroxyl groups is 1. The molecule has 2 heterocycles. The molecule has 0 aliphatic carbocycles. The van der Waals surface area contributed by atoms with E-state index in [2.05, 4.69) is 52.3 Å². The lowest BCUT2D eigenvalue weighted by Crippen LogP contribution is -2.31. The molecule has 1 aromatic carbocycles. The Bertz CT molecular complexity index is 599. The van der Waals surface area contributed by atoms with Crippen molar-refractivity contribution in [1.82, 2.24) is 14.8 Å². The quantitative estimate of drug-likeness (QED) is 0.803. The lowest BCUT2D eigenvalue weighted by molar-refractivity contribution is 0.206. The summed E-state index contributed by atoms with van der Waals surface area (Å²) in [5.74, 6) is 0.794. The lowest BCUT2D eigenvalue weighted by atomic mass is 9.97. The highest BCUT2D eigenvalue weighted by molar-refractivity contribution is 5.83. The summed E-state index contributed by atoms with van der Waals surface area (Å²) in [6.07, 6.45) is 4.83. The predicted molar refractivity (Wildman–Crippen MR) is 91.0 cm³/mol. The maximum absolute atomic E-state index is 8.89. The number of rotatable bonds is 6. The zero-order chi connectivity index (χ0) is 15.4. The standard InChI is InChI=1S/C18H27N3O/c1-20-9-5-15(6-10-20)14-21-11-7-17-16(13-19-8-12-22)3-2-4-18(17)21/h2-4,7,11,15,19,22H,5-6,8-10,12-14H2,1H3. The first-order valence-corrected chi connectivity index (χ1v) is 8.35. The summed E-state index contributed by atoms with van der Waals surface area (Å²) in [6, 6.07) is 8.77. The SMILES string of the molecule is CN1CCC(Cn2ccc3c(CNCCO)cccc32)CC1. The van der Waals surface area contributed by atoms with Crippen LogP contribution in [0.1, 0.15) is 18.4 Å². The maximum Gasteiger partial charge on any atom is 0.0556 e. The Morgan fingerprint density at radius 3 is 2.82 bits per heavy atom. The van der Waals surface area contributed by atoms with E-state index in [9.17, 15) is 0 Å². The van der Waals surface area contributed by atoms with Gasteiger partial charge >= 0.3 is 0 Å². The highest BCUT2D eigenvalue weighted by atomic mass is 16.3. The molecule has 1 aliphatic heterocycles. The fourth-order valence-electron chi connectivity index (χ4n) is 3.43. The van der Waals surface area contributed by atoms with Crippen molar-refractivity contribution in [2.45, 2.75) is 25.9 Å². The van der Waals surface area contributed by atoms with Gasteiger partial charge in [0.25, 0.3) is 0 Å². The van der Waals surface area contributed by atoms with Crippen LogP contribution in [0.4, 0.5) is 0 Å². The van der Waals surface area contributed by atoms with E-state index < -0.39 is 0 Å². The number of aliphatic hydroxyl groups excluding tert-OH is 1. The Balaban J connectivity index is 1.73. The molecule has 3 rings (SSSR count). The van der Waals surface area contributed by atoms with E-state index in [1.54, 1.807) is 0 Å². The molecular formula is C18H27N3O. The van der Waals surface area contributed by atoms with Gasteiger partial charge in [0.1, 0.15) is 0 Å². The van der Waals surface area contributed by atoms with Gasteiger partial charge in [0.05, 0.1) is 6.61 Å². The fraction of sp³-hybridized carbons (Fsp3) is 0.556. The summed E-state index contributed by atoms with van der Waals surface area (Å²) >= 11 is 0. The first kappa shape index (κ1) is 15.5. The molecule has 1 fully saturated rings. The van der Waals surface area contributed by atoms with Crippen LogP contribution in [-0.4, -0.2) is 47.9 Å². The zero-order valence-electron chi connectivity index (χ0n) is 13.5. The molecule has 0 unspecified atom stereocenters. The number of hydrogen-bond donors (Lipinski definition) is 2. The molecule has 4 nitrogen and oxygen atoms in total. The second-order valence-corrected chi connectivity index (χ2v) is 6.47. The summed E-state index contributed by atoms with van der Waals surface area (Å²) < 4.78 is 2.42. The van der Waals surface area contributed by atoms with Crippen molar-refractivity contribution in [1.29, 1.82) is 0 Å². The molecule has 2 N–H and O–H groups in total. The van der Waals surface area contributed by atoms with Gasteiger partial charge in [-0.2, -0.15) is 0 Å². The fourth-order valence-corrected chi connectivity index (χ4v) is 3.43. The van der Waals surface area contributed by atoms with Crippen molar-refractivity contribution in [2.75, 3.05) is 33.3 Å². The molecule has 1 aromatic heterocycles. The Labute approximate surface area is 132 Å². The van der Waals surface area contributed by atoms with Crippen molar-refractivity contribution in [3.05, 3.63) is 36.0 Å². The van der Waals surface area contributed by atoms with Crippen LogP contribution in [0.5, 0.6) is 0 Å². The van der Waals surface area contributed by atoms with Gasteiger partial charge < -0.3 is 19.9 Å². The smallest absolute Gasteiger partial charge is 0.0556 e. The molecule has 0 spiro atoms. The number of piperidine rings is 1. The molecule has 22 heavy (non-hydrogen) atoms. The maximum atomic E-state index is 8.89. The minimum Gasteiger partial charge on any atom is -0.395 e. The van der Waals surface area contributed by atoms with E-state index in [0.717, 1.165) is 19.0 Å². The summed E-state index contributed by atoms with van der Waals surface area (Å²) in [7, 11) is 2.22. The predicted octanol–water partition coefficient (Wildman–Crippen LogP) is 2.06. The van der Waals surface area contributed by atoms with Gasteiger partial charge in [-0.1, -0.05) is 12.1 Å². The number of hydrogen-bond acceptors (Lipinski definition) is 3. The van der Waals surface area contributed by atoms with Crippen LogP contribution in [0.25, 0.3) is 10.9 Å². The second kappa shape index (κ2) is 7.27. The van der Waals surface area contributed by atoms with Gasteiger partial charge in [-0.15, -0.1) is 0 Å². The molecule has 1 aliphatic rings. The third-order valence-electron chi connectivity index (χ3n) is 4.80. The largest absolute Gasteiger partial charge is 0.395 e. The summed E-state index contributed by atoms with van der Waals surface area (Å²) in [6.45, 7) is 5.22. The Morgan fingerprint density at radius 1 is 1.23 bits per heavy atom. The molecule has 0 amide bonds. The van der Waals surface area contributed by atoms with E-state index in [-0.39, 0.29) is 6.61 Å². The van der Waals surface area contributed by atoms with Crippen LogP contribution >= 0.6 is 0 Å². The molecule has 0 radical (unpaired) electrons. The average Bonchev–Trinajstić information content (AvgIpc) is 2.94. The highest BCUT2D eigenvalue weighted by Gasteiger charge is 2.17. The second-order valence-electron chi connectivity index (χ2n) is 6.47. The molecule has 1 saturated heterocycles. The van der Waals surface area contributed by atoms with Crippen molar-refractivity contribution >= 4 is 10.9 Å². The van der Waals surface area contributed by atoms with Gasteiger partial charge in [0.2, 0.25) is 0 Å². The molecule has 4 heteroatoms. The van der Waals surface area contributed by atoms with Crippen molar-refractivity contribution < 1.29 is 5.11 Å². The van der Waals surface area contributed by atoms with E-state index in [1.165, 1.54) is 42.4 Å². The van der Waals surface area contributed by atoms with Gasteiger partial charge in [-0.3, -0.25) is 0 Å². The number of aromatic nitrogens is 1. The Hall–Kier alpha value is -1.36. The molecule has 0 bridgehead atoms. The Morgan fingerprint density at radius 2 is 2.05 bits per heavy atom. The molecule has 0 atom stereocenters. The van der Waals surface area contributed by atoms with Crippen molar-refractivity contribution in [2.24, 2.45) is 5.92 Å². The van der Waals surface area contributed by atoms with E-state index in [0.29, 0.717) is 6.54 Å². The normalized spacial score (nSPS) is 17.4. The minimum atomic E-state index is 0.188. The monoisotopic (exact) mass is 301 g/mol. The lowest BCUT2D eigenvalue weighted by Gasteiger charge is -2.29. The Kier molecular flexibility index (Phi) is 5.13. The van der Waals surface area contributed by atoms with Gasteiger partial charge in [-0.05, 0) is 56.6 Å². The van der Waals surface area contributed by atoms with Crippen LogP contribution in [-0.2, 0) is 13.1 Å². The van der Waals surface area contributed by atoms with Gasteiger partial charge in [0, 0.05) is 36.7 Å². The van der Waals surface area contributed by atoms with Crippen LogP contribution in [0, 0.1) is 5.92 Å². The van der Waals surface area contributed by atoms with Crippen LogP contribution in [0.3, 0.4) is 0 Å². The van der Waals surface area contributed by atoms with Crippen molar-refractivity contribution in [3.63, 3.8) is 0 Å². The number of benzene rings is 1. The zero-order valence-corrected chi connectivity index (χ0v) is 13.5. The minimum absolute atomic E-state index is 0.188. The summed E-state index contributed by atoms with van der Waals surface area (Å²) in [5.41, 5.74) is 2.65. The van der Waals surface area contributed by atoms with Crippen LogP contribution in [0.2, 0.25) is 0 Å². The molecule has 120 valence electrons. The number of nitrogens with one attached hydrogen (secondary N) is 1. The summed E-state index contributed by atoms with van der Waals surface area (Å²) in [4.78, 5) is 2.43. The topological polar surface area (TPSA) is 40.4 Å².